The van der Waals surface area contributed by atoms with Crippen molar-refractivity contribution in [2.75, 3.05) is 6.54 Å². The van der Waals surface area contributed by atoms with Crippen LogP contribution < -0.4 is 5.56 Å². The molecule has 1 aromatic carbocycles. The number of hydrogen-bond acceptors (Lipinski definition) is 5. The van der Waals surface area contributed by atoms with E-state index >= 15 is 0 Å². The van der Waals surface area contributed by atoms with Crippen molar-refractivity contribution in [3.05, 3.63) is 57.8 Å². The van der Waals surface area contributed by atoms with E-state index in [2.05, 4.69) is 10.3 Å². The quantitative estimate of drug-likeness (QED) is 0.723. The summed E-state index contributed by atoms with van der Waals surface area (Å²) >= 11 is 0. The molecule has 0 spiro atoms. The molecule has 3 heterocycles. The van der Waals surface area contributed by atoms with Gasteiger partial charge in [-0.05, 0) is 32.8 Å². The van der Waals surface area contributed by atoms with E-state index in [1.165, 1.54) is 4.68 Å². The average molecular weight is 352 g/mol. The van der Waals surface area contributed by atoms with E-state index in [0.717, 1.165) is 35.4 Å². The average Bonchev–Trinajstić information content (AvgIpc) is 3.28. The summed E-state index contributed by atoms with van der Waals surface area (Å²) in [5.74, 6) is 0.597. The van der Waals surface area contributed by atoms with Crippen molar-refractivity contribution in [1.82, 2.24) is 19.8 Å². The Kier molecular flexibility index (Phi) is 4.06. The van der Waals surface area contributed by atoms with Crippen molar-refractivity contribution in [2.24, 2.45) is 0 Å². The number of benzene rings is 1. The summed E-state index contributed by atoms with van der Waals surface area (Å²) in [6, 6.07) is 9.09. The molecule has 26 heavy (non-hydrogen) atoms. The largest absolute Gasteiger partial charge is 0.361 e. The van der Waals surface area contributed by atoms with Gasteiger partial charge in [0.15, 0.2) is 0 Å². The first-order valence-electron chi connectivity index (χ1n) is 8.74. The molecule has 0 radical (unpaired) electrons. The van der Waals surface area contributed by atoms with Crippen LogP contribution in [0.3, 0.4) is 0 Å². The maximum Gasteiger partial charge on any atom is 0.275 e. The number of rotatable bonds is 3. The van der Waals surface area contributed by atoms with Crippen molar-refractivity contribution in [2.45, 2.75) is 39.3 Å². The molecule has 3 aromatic rings. The highest BCUT2D eigenvalue weighted by Crippen LogP contribution is 2.31. The zero-order valence-electron chi connectivity index (χ0n) is 14.8. The molecule has 1 aliphatic heterocycles. The fraction of sp³-hybridized carbons (Fsp3) is 0.368. The molecule has 4 rings (SSSR count). The smallest absolute Gasteiger partial charge is 0.275 e. The van der Waals surface area contributed by atoms with E-state index in [-0.39, 0.29) is 24.1 Å². The van der Waals surface area contributed by atoms with Gasteiger partial charge in [0.25, 0.3) is 5.56 Å². The summed E-state index contributed by atoms with van der Waals surface area (Å²) in [4.78, 5) is 27.3. The van der Waals surface area contributed by atoms with Gasteiger partial charge in [-0.15, -0.1) is 0 Å². The highest BCUT2D eigenvalue weighted by Gasteiger charge is 2.32. The van der Waals surface area contributed by atoms with Gasteiger partial charge in [-0.25, -0.2) is 4.68 Å². The SMILES string of the molecule is Cc1cc([C@H]2CCCN2C(=O)Cn2nc(C)c3ccccc3c2=O)no1. The number of likely N-dealkylation sites (tertiary alicyclic amines) is 1. The molecule has 1 fully saturated rings. The van der Waals surface area contributed by atoms with Crippen LogP contribution in [0.15, 0.2) is 39.6 Å². The number of hydrogen-bond donors (Lipinski definition) is 0. The number of carbonyl (C=O) groups excluding carboxylic acids is 1. The lowest BCUT2D eigenvalue weighted by atomic mass is 10.1. The number of aromatic nitrogens is 3. The van der Waals surface area contributed by atoms with Crippen LogP contribution in [0.25, 0.3) is 10.8 Å². The first kappa shape index (κ1) is 16.5. The molecule has 1 atom stereocenters. The van der Waals surface area contributed by atoms with Gasteiger partial charge >= 0.3 is 0 Å². The van der Waals surface area contributed by atoms with E-state index in [1.54, 1.807) is 11.0 Å². The summed E-state index contributed by atoms with van der Waals surface area (Å²) in [6.45, 7) is 4.26. The van der Waals surface area contributed by atoms with Crippen LogP contribution in [0.4, 0.5) is 0 Å². The maximum absolute atomic E-state index is 12.9. The van der Waals surface area contributed by atoms with Gasteiger partial charge in [0.1, 0.15) is 18.0 Å². The van der Waals surface area contributed by atoms with Gasteiger partial charge in [0.2, 0.25) is 5.91 Å². The zero-order chi connectivity index (χ0) is 18.3. The van der Waals surface area contributed by atoms with E-state index in [4.69, 9.17) is 4.52 Å². The highest BCUT2D eigenvalue weighted by molar-refractivity contribution is 5.83. The van der Waals surface area contributed by atoms with E-state index in [0.29, 0.717) is 11.9 Å². The summed E-state index contributed by atoms with van der Waals surface area (Å²) in [5, 5.41) is 9.79. The minimum atomic E-state index is -0.243. The molecule has 0 bridgehead atoms. The molecule has 2 aromatic heterocycles. The lowest BCUT2D eigenvalue weighted by Gasteiger charge is -2.23. The van der Waals surface area contributed by atoms with Gasteiger partial charge in [-0.2, -0.15) is 5.10 Å². The predicted octanol–water partition coefficient (Wildman–Crippen LogP) is 2.37. The Labute approximate surface area is 150 Å². The molecule has 1 amide bonds. The van der Waals surface area contributed by atoms with Crippen LogP contribution in [-0.2, 0) is 11.3 Å². The standard InChI is InChI=1S/C19H20N4O3/c1-12-10-16(21-26-12)17-8-5-9-22(17)18(24)11-23-19(25)15-7-4-3-6-14(15)13(2)20-23/h3-4,6-7,10,17H,5,8-9,11H2,1-2H3/t17-/m1/s1. The third kappa shape index (κ3) is 2.79. The first-order valence-corrected chi connectivity index (χ1v) is 8.74. The van der Waals surface area contributed by atoms with Gasteiger partial charge in [0.05, 0.1) is 17.1 Å². The summed E-state index contributed by atoms with van der Waals surface area (Å²) < 4.78 is 6.42. The van der Waals surface area contributed by atoms with Crippen LogP contribution in [0.2, 0.25) is 0 Å². The van der Waals surface area contributed by atoms with Crippen molar-refractivity contribution in [3.8, 4) is 0 Å². The fourth-order valence-corrected chi connectivity index (χ4v) is 3.65. The van der Waals surface area contributed by atoms with Crippen LogP contribution >= 0.6 is 0 Å². The fourth-order valence-electron chi connectivity index (χ4n) is 3.65. The lowest BCUT2D eigenvalue weighted by molar-refractivity contribution is -0.133. The summed E-state index contributed by atoms with van der Waals surface area (Å²) in [6.07, 6.45) is 1.75. The molecule has 7 heteroatoms. The van der Waals surface area contributed by atoms with Crippen LogP contribution in [0, 0.1) is 13.8 Å². The zero-order valence-corrected chi connectivity index (χ0v) is 14.8. The predicted molar refractivity (Wildman–Crippen MR) is 95.7 cm³/mol. The number of amides is 1. The second kappa shape index (κ2) is 6.40. The van der Waals surface area contributed by atoms with Crippen LogP contribution in [-0.4, -0.2) is 32.3 Å². The Morgan fingerprint density at radius 3 is 2.77 bits per heavy atom. The minimum Gasteiger partial charge on any atom is -0.361 e. The molecule has 7 nitrogen and oxygen atoms in total. The van der Waals surface area contributed by atoms with Crippen molar-refractivity contribution < 1.29 is 9.32 Å². The normalized spacial score (nSPS) is 17.2. The van der Waals surface area contributed by atoms with E-state index in [1.807, 2.05) is 38.1 Å². The molecular formula is C19H20N4O3. The minimum absolute atomic E-state index is 0.0716. The monoisotopic (exact) mass is 352 g/mol. The Morgan fingerprint density at radius 1 is 1.27 bits per heavy atom. The van der Waals surface area contributed by atoms with Gasteiger partial charge < -0.3 is 9.42 Å². The third-order valence-electron chi connectivity index (χ3n) is 4.90. The molecule has 0 saturated carbocycles. The lowest BCUT2D eigenvalue weighted by Crippen LogP contribution is -2.37. The van der Waals surface area contributed by atoms with Crippen molar-refractivity contribution in [3.63, 3.8) is 0 Å². The second-order valence-corrected chi connectivity index (χ2v) is 6.70. The number of fused-ring (bicyclic) bond motifs is 1. The molecule has 0 N–H and O–H groups in total. The third-order valence-corrected chi connectivity index (χ3v) is 4.90. The highest BCUT2D eigenvalue weighted by atomic mass is 16.5. The summed E-state index contributed by atoms with van der Waals surface area (Å²) in [5.41, 5.74) is 1.26. The Bertz CT molecular complexity index is 1040. The number of carbonyl (C=O) groups is 1. The molecule has 1 aliphatic rings. The molecule has 0 unspecified atom stereocenters. The Hall–Kier alpha value is -2.96. The summed E-state index contributed by atoms with van der Waals surface area (Å²) in [7, 11) is 0. The Morgan fingerprint density at radius 2 is 2.04 bits per heavy atom. The molecular weight excluding hydrogens is 332 g/mol. The maximum atomic E-state index is 12.9. The van der Waals surface area contributed by atoms with Crippen LogP contribution in [0.1, 0.15) is 36.0 Å². The van der Waals surface area contributed by atoms with E-state index in [9.17, 15) is 9.59 Å². The Balaban J connectivity index is 1.63. The second-order valence-electron chi connectivity index (χ2n) is 6.70. The van der Waals surface area contributed by atoms with Gasteiger partial charge in [0, 0.05) is 18.0 Å². The molecule has 1 saturated heterocycles. The van der Waals surface area contributed by atoms with Gasteiger partial charge in [-0.1, -0.05) is 23.4 Å². The topological polar surface area (TPSA) is 81.2 Å². The first-order chi connectivity index (χ1) is 12.5. The molecule has 134 valence electrons. The molecule has 0 aliphatic carbocycles. The number of nitrogens with zero attached hydrogens (tertiary/aromatic N) is 4. The van der Waals surface area contributed by atoms with Crippen molar-refractivity contribution in [1.29, 1.82) is 0 Å². The van der Waals surface area contributed by atoms with Crippen molar-refractivity contribution >= 4 is 16.7 Å². The number of aryl methyl sites for hydroxylation is 2. The van der Waals surface area contributed by atoms with Gasteiger partial charge in [-0.3, -0.25) is 9.59 Å². The van der Waals surface area contributed by atoms with E-state index < -0.39 is 0 Å². The van der Waals surface area contributed by atoms with Crippen LogP contribution in [0.5, 0.6) is 0 Å².